The summed E-state index contributed by atoms with van der Waals surface area (Å²) in [5.41, 5.74) is 11.8. The molecule has 0 aromatic heterocycles. The molecule has 3 aromatic carbocycles. The van der Waals surface area contributed by atoms with Gasteiger partial charge in [0.25, 0.3) is 0 Å². The van der Waals surface area contributed by atoms with Gasteiger partial charge in [0.05, 0.1) is 0 Å². The van der Waals surface area contributed by atoms with E-state index in [0.717, 1.165) is 35.1 Å². The van der Waals surface area contributed by atoms with Crippen molar-refractivity contribution in [3.63, 3.8) is 0 Å². The van der Waals surface area contributed by atoms with Gasteiger partial charge in [-0.3, -0.25) is 4.99 Å². The predicted octanol–water partition coefficient (Wildman–Crippen LogP) is 8.77. The summed E-state index contributed by atoms with van der Waals surface area (Å²) in [7, 11) is 0. The molecule has 33 heavy (non-hydrogen) atoms. The summed E-state index contributed by atoms with van der Waals surface area (Å²) in [6.45, 7) is 14.4. The Morgan fingerprint density at radius 1 is 0.788 bits per heavy atom. The van der Waals surface area contributed by atoms with E-state index in [1.165, 1.54) is 33.4 Å². The van der Waals surface area contributed by atoms with E-state index in [-0.39, 0.29) is 0 Å². The van der Waals surface area contributed by atoms with Crippen LogP contribution in [0.3, 0.4) is 0 Å². The van der Waals surface area contributed by atoms with E-state index in [1.807, 2.05) is 30.6 Å². The van der Waals surface area contributed by atoms with Crippen LogP contribution in [0.5, 0.6) is 0 Å². The van der Waals surface area contributed by atoms with Gasteiger partial charge in [0.2, 0.25) is 0 Å². The van der Waals surface area contributed by atoms with Crippen molar-refractivity contribution >= 4 is 29.5 Å². The summed E-state index contributed by atoms with van der Waals surface area (Å²) < 4.78 is 0. The quantitative estimate of drug-likeness (QED) is 0.239. The number of aliphatic imine (C=N–C) groups is 1. The third-order valence-electron chi connectivity index (χ3n) is 6.10. The Labute approximate surface area is 197 Å². The van der Waals surface area contributed by atoms with E-state index in [4.69, 9.17) is 0 Å². The average molecular weight is 428 g/mol. The number of aryl methyl sites for hydroxylation is 1. The van der Waals surface area contributed by atoms with Gasteiger partial charge in [0, 0.05) is 18.0 Å². The highest BCUT2D eigenvalue weighted by Crippen LogP contribution is 2.37. The first-order valence-corrected chi connectivity index (χ1v) is 11.3. The van der Waals surface area contributed by atoms with E-state index in [2.05, 4.69) is 98.4 Å². The topological polar surface area (TPSA) is 12.4 Å². The zero-order valence-electron chi connectivity index (χ0n) is 19.2. The van der Waals surface area contributed by atoms with E-state index < -0.39 is 0 Å². The first kappa shape index (κ1) is 22.2. The Kier molecular flexibility index (Phi) is 6.80. The van der Waals surface area contributed by atoms with E-state index in [9.17, 15) is 0 Å². The minimum absolute atomic E-state index is 0.940. The first-order valence-electron chi connectivity index (χ1n) is 11.3. The lowest BCUT2D eigenvalue weighted by atomic mass is 9.85. The number of hydrogen-bond donors (Lipinski definition) is 0. The average Bonchev–Trinajstić information content (AvgIpc) is 2.81. The lowest BCUT2D eigenvalue weighted by Crippen LogP contribution is -1.99. The van der Waals surface area contributed by atoms with Gasteiger partial charge in [0.1, 0.15) is 0 Å². The molecule has 1 heterocycles. The summed E-state index contributed by atoms with van der Waals surface area (Å²) in [4.78, 5) is 4.07. The van der Waals surface area contributed by atoms with Crippen molar-refractivity contribution in [2.75, 3.05) is 0 Å². The normalized spacial score (nSPS) is 12.6. The summed E-state index contributed by atoms with van der Waals surface area (Å²) in [5.74, 6) is 0. The van der Waals surface area contributed by atoms with Gasteiger partial charge in [-0.1, -0.05) is 98.1 Å². The van der Waals surface area contributed by atoms with Crippen molar-refractivity contribution < 1.29 is 0 Å². The molecule has 0 spiro atoms. The van der Waals surface area contributed by atoms with Crippen LogP contribution >= 0.6 is 0 Å². The Morgan fingerprint density at radius 2 is 1.48 bits per heavy atom. The van der Waals surface area contributed by atoms with Crippen molar-refractivity contribution in [1.82, 2.24) is 0 Å². The maximum atomic E-state index is 4.17. The van der Waals surface area contributed by atoms with Crippen LogP contribution in [0.2, 0.25) is 0 Å². The lowest BCUT2D eigenvalue weighted by Gasteiger charge is -2.19. The number of hydrogen-bond acceptors (Lipinski definition) is 1. The molecule has 0 bridgehead atoms. The van der Waals surface area contributed by atoms with Crippen LogP contribution in [0.4, 0.5) is 0 Å². The van der Waals surface area contributed by atoms with Crippen molar-refractivity contribution in [3.05, 3.63) is 132 Å². The number of unbranched alkanes of at least 4 members (excludes halogenated alkanes) is 1. The third-order valence-corrected chi connectivity index (χ3v) is 6.10. The van der Waals surface area contributed by atoms with Gasteiger partial charge in [-0.2, -0.15) is 0 Å². The van der Waals surface area contributed by atoms with Crippen molar-refractivity contribution in [2.45, 2.75) is 19.8 Å². The SMILES string of the molecule is C=CCC/C=C(\c1ccccc1C)c1ccc(-c2ccc(C3=CN=C3)cc2)c(C=C)c1C=C. The van der Waals surface area contributed by atoms with Crippen molar-refractivity contribution in [2.24, 2.45) is 4.99 Å². The molecule has 1 aliphatic heterocycles. The fourth-order valence-corrected chi connectivity index (χ4v) is 4.29. The maximum absolute atomic E-state index is 4.17. The number of nitrogens with zero attached hydrogens (tertiary/aromatic N) is 1. The van der Waals surface area contributed by atoms with E-state index in [0.29, 0.717) is 0 Å². The van der Waals surface area contributed by atoms with Crippen molar-refractivity contribution in [1.29, 1.82) is 0 Å². The minimum Gasteiger partial charge on any atom is -0.263 e. The van der Waals surface area contributed by atoms with Gasteiger partial charge >= 0.3 is 0 Å². The second-order valence-corrected chi connectivity index (χ2v) is 8.13. The molecule has 0 saturated carbocycles. The summed E-state index contributed by atoms with van der Waals surface area (Å²) in [6.07, 6.45) is 13.9. The smallest absolute Gasteiger partial charge is 0.0362 e. The standard InChI is InChI=1S/C32H29N/c1-5-8-9-14-31(29-13-11-10-12-23(29)4)32-20-19-30(27(6-2)28(32)7-3)25-17-15-24(16-18-25)26-21-33-22-26/h5-7,10-22H,1-3,8-9H2,4H3/b31-14+. The second-order valence-electron chi connectivity index (χ2n) is 8.13. The Bertz CT molecular complexity index is 1300. The molecule has 1 aliphatic rings. The second kappa shape index (κ2) is 10.1. The van der Waals surface area contributed by atoms with Crippen molar-refractivity contribution in [3.8, 4) is 11.1 Å². The molecule has 0 unspecified atom stereocenters. The lowest BCUT2D eigenvalue weighted by molar-refractivity contribution is 1.06. The molecular formula is C32H29N. The van der Waals surface area contributed by atoms with Gasteiger partial charge in [0.15, 0.2) is 0 Å². The Balaban J connectivity index is 1.84. The van der Waals surface area contributed by atoms with Crippen LogP contribution in [-0.4, -0.2) is 6.21 Å². The van der Waals surface area contributed by atoms with Crippen LogP contribution in [0.25, 0.3) is 34.4 Å². The van der Waals surface area contributed by atoms with E-state index in [1.54, 1.807) is 0 Å². The number of benzene rings is 3. The Morgan fingerprint density at radius 3 is 2.09 bits per heavy atom. The summed E-state index contributed by atoms with van der Waals surface area (Å²) in [6, 6.07) is 21.6. The minimum atomic E-state index is 0.940. The molecule has 0 amide bonds. The number of rotatable bonds is 9. The maximum Gasteiger partial charge on any atom is 0.0362 e. The largest absolute Gasteiger partial charge is 0.263 e. The summed E-state index contributed by atoms with van der Waals surface area (Å²) >= 11 is 0. The fraction of sp³-hybridized carbons (Fsp3) is 0.0938. The van der Waals surface area contributed by atoms with Gasteiger partial charge in [-0.05, 0) is 69.8 Å². The van der Waals surface area contributed by atoms with Crippen LogP contribution < -0.4 is 0 Å². The monoisotopic (exact) mass is 427 g/mol. The van der Waals surface area contributed by atoms with Gasteiger partial charge in [-0.25, -0.2) is 0 Å². The first-order chi connectivity index (χ1) is 16.2. The highest BCUT2D eigenvalue weighted by atomic mass is 14.7. The van der Waals surface area contributed by atoms with E-state index >= 15 is 0 Å². The molecule has 0 saturated heterocycles. The van der Waals surface area contributed by atoms with Crippen LogP contribution in [-0.2, 0) is 0 Å². The molecule has 0 fully saturated rings. The molecule has 3 aromatic rings. The zero-order chi connectivity index (χ0) is 23.2. The van der Waals surface area contributed by atoms with Crippen LogP contribution in [0.15, 0.2) is 104 Å². The molecule has 0 N–H and O–H groups in total. The molecule has 1 nitrogen and oxygen atoms in total. The Hall–Kier alpha value is -3.97. The van der Waals surface area contributed by atoms with Crippen LogP contribution in [0.1, 0.15) is 46.2 Å². The van der Waals surface area contributed by atoms with Crippen LogP contribution in [0, 0.1) is 6.92 Å². The highest BCUT2D eigenvalue weighted by Gasteiger charge is 2.16. The molecule has 0 atom stereocenters. The molecule has 1 heteroatoms. The molecule has 0 aliphatic carbocycles. The third kappa shape index (κ3) is 4.49. The number of allylic oxidation sites excluding steroid dienone is 3. The highest BCUT2D eigenvalue weighted by molar-refractivity contribution is 6.14. The molecule has 0 radical (unpaired) electrons. The van der Waals surface area contributed by atoms with Gasteiger partial charge < -0.3 is 0 Å². The van der Waals surface area contributed by atoms with Gasteiger partial charge in [-0.15, -0.1) is 6.58 Å². The summed E-state index contributed by atoms with van der Waals surface area (Å²) in [5, 5.41) is 0. The molecular weight excluding hydrogens is 398 g/mol. The molecule has 4 rings (SSSR count). The fourth-order valence-electron chi connectivity index (χ4n) is 4.29. The molecule has 162 valence electrons. The predicted molar refractivity (Wildman–Crippen MR) is 146 cm³/mol. The zero-order valence-corrected chi connectivity index (χ0v) is 19.2.